The molecule has 0 saturated carbocycles. The van der Waals surface area contributed by atoms with Gasteiger partial charge in [-0.15, -0.1) is 0 Å². The van der Waals surface area contributed by atoms with Crippen LogP contribution in [-0.2, 0) is 4.79 Å². The molecule has 0 aliphatic rings. The van der Waals surface area contributed by atoms with Gasteiger partial charge in [0.05, 0.1) is 16.5 Å². The molecule has 0 fully saturated rings. The fourth-order valence-corrected chi connectivity index (χ4v) is 2.62. The van der Waals surface area contributed by atoms with Crippen LogP contribution in [0.25, 0.3) is 22.6 Å². The van der Waals surface area contributed by atoms with Crippen molar-refractivity contribution in [3.63, 3.8) is 0 Å². The molecule has 0 radical (unpaired) electrons. The molecule has 0 aliphatic carbocycles. The highest BCUT2D eigenvalue weighted by molar-refractivity contribution is 6.36. The average molecular weight is 336 g/mol. The van der Waals surface area contributed by atoms with Crippen molar-refractivity contribution in [1.82, 2.24) is 4.98 Å². The summed E-state index contributed by atoms with van der Waals surface area (Å²) in [6.07, 6.45) is 0. The summed E-state index contributed by atoms with van der Waals surface area (Å²) in [5.41, 5.74) is 2.46. The highest BCUT2D eigenvalue weighted by Gasteiger charge is 2.17. The average Bonchev–Trinajstić information content (AvgIpc) is 2.88. The summed E-state index contributed by atoms with van der Waals surface area (Å²) in [6.45, 7) is 1.63. The maximum Gasteiger partial charge on any atom is 0.310 e. The van der Waals surface area contributed by atoms with Crippen molar-refractivity contribution in [2.24, 2.45) is 0 Å². The molecule has 4 nitrogen and oxygen atoms in total. The zero-order valence-corrected chi connectivity index (χ0v) is 13.0. The SMILES string of the molecule is CC(C(=O)O)c1ccc2oc(-c3ccc(Cl)cc3Cl)nc2c1. The van der Waals surface area contributed by atoms with Gasteiger partial charge in [-0.1, -0.05) is 29.3 Å². The van der Waals surface area contributed by atoms with Crippen LogP contribution in [-0.4, -0.2) is 16.1 Å². The summed E-state index contributed by atoms with van der Waals surface area (Å²) in [6, 6.07) is 10.2. The van der Waals surface area contributed by atoms with Crippen LogP contribution < -0.4 is 0 Å². The molecule has 1 N–H and O–H groups in total. The minimum Gasteiger partial charge on any atom is -0.481 e. The summed E-state index contributed by atoms with van der Waals surface area (Å²) >= 11 is 12.0. The monoisotopic (exact) mass is 335 g/mol. The predicted molar refractivity (Wildman–Crippen MR) is 85.5 cm³/mol. The van der Waals surface area contributed by atoms with Crippen LogP contribution in [0.5, 0.6) is 0 Å². The molecule has 1 aromatic heterocycles. The van der Waals surface area contributed by atoms with Crippen LogP contribution in [0.15, 0.2) is 40.8 Å². The molecular formula is C16H11Cl2NO3. The van der Waals surface area contributed by atoms with Crippen molar-refractivity contribution in [2.75, 3.05) is 0 Å². The number of aliphatic carboxylic acids is 1. The van der Waals surface area contributed by atoms with Crippen LogP contribution in [0, 0.1) is 0 Å². The lowest BCUT2D eigenvalue weighted by atomic mass is 10.0. The normalized spacial score (nSPS) is 12.5. The first-order valence-corrected chi connectivity index (χ1v) is 7.30. The number of rotatable bonds is 3. The molecule has 0 bridgehead atoms. The number of carboxylic acid groups (broad SMARTS) is 1. The molecule has 0 spiro atoms. The summed E-state index contributed by atoms with van der Waals surface area (Å²) in [5.74, 6) is -1.12. The van der Waals surface area contributed by atoms with Gasteiger partial charge in [0, 0.05) is 5.02 Å². The molecule has 1 atom stereocenters. The van der Waals surface area contributed by atoms with E-state index in [4.69, 9.17) is 32.7 Å². The Hall–Kier alpha value is -2.04. The number of hydrogen-bond acceptors (Lipinski definition) is 3. The van der Waals surface area contributed by atoms with Gasteiger partial charge in [0.1, 0.15) is 5.52 Å². The van der Waals surface area contributed by atoms with Crippen molar-refractivity contribution >= 4 is 40.3 Å². The number of fused-ring (bicyclic) bond motifs is 1. The van der Waals surface area contributed by atoms with Crippen molar-refractivity contribution < 1.29 is 14.3 Å². The van der Waals surface area contributed by atoms with E-state index in [0.717, 1.165) is 0 Å². The number of halogens is 2. The second-order valence-corrected chi connectivity index (χ2v) is 5.77. The summed E-state index contributed by atoms with van der Waals surface area (Å²) in [5, 5.41) is 10.1. The van der Waals surface area contributed by atoms with Gasteiger partial charge in [-0.2, -0.15) is 0 Å². The standard InChI is InChI=1S/C16H11Cl2NO3/c1-8(16(20)21)9-2-5-14-13(6-9)19-15(22-14)11-4-3-10(17)7-12(11)18/h2-8H,1H3,(H,20,21). The third kappa shape index (κ3) is 2.67. The number of nitrogens with zero attached hydrogens (tertiary/aromatic N) is 1. The topological polar surface area (TPSA) is 63.3 Å². The van der Waals surface area contributed by atoms with E-state index in [1.54, 1.807) is 43.3 Å². The van der Waals surface area contributed by atoms with Crippen LogP contribution in [0.3, 0.4) is 0 Å². The van der Waals surface area contributed by atoms with E-state index in [1.807, 2.05) is 0 Å². The fraction of sp³-hybridized carbons (Fsp3) is 0.125. The van der Waals surface area contributed by atoms with Crippen LogP contribution >= 0.6 is 23.2 Å². The van der Waals surface area contributed by atoms with Gasteiger partial charge in [0.25, 0.3) is 0 Å². The van der Waals surface area contributed by atoms with E-state index in [-0.39, 0.29) is 0 Å². The molecule has 6 heteroatoms. The quantitative estimate of drug-likeness (QED) is 0.732. The Kier molecular flexibility index (Phi) is 3.81. The number of carbonyl (C=O) groups is 1. The van der Waals surface area contributed by atoms with Gasteiger partial charge < -0.3 is 9.52 Å². The molecule has 1 unspecified atom stereocenters. The Morgan fingerprint density at radius 2 is 2.00 bits per heavy atom. The minimum atomic E-state index is -0.885. The Morgan fingerprint density at radius 3 is 2.68 bits per heavy atom. The number of benzene rings is 2. The number of oxazole rings is 1. The van der Waals surface area contributed by atoms with E-state index in [9.17, 15) is 4.79 Å². The van der Waals surface area contributed by atoms with E-state index >= 15 is 0 Å². The van der Waals surface area contributed by atoms with Crippen molar-refractivity contribution in [3.05, 3.63) is 52.0 Å². The van der Waals surface area contributed by atoms with E-state index < -0.39 is 11.9 Å². The smallest absolute Gasteiger partial charge is 0.310 e. The molecule has 0 saturated heterocycles. The maximum absolute atomic E-state index is 11.1. The molecule has 1 heterocycles. The summed E-state index contributed by atoms with van der Waals surface area (Å²) in [4.78, 5) is 15.5. The lowest BCUT2D eigenvalue weighted by molar-refractivity contribution is -0.138. The number of hydrogen-bond donors (Lipinski definition) is 1. The molecule has 112 valence electrons. The van der Waals surface area contributed by atoms with Crippen molar-refractivity contribution in [2.45, 2.75) is 12.8 Å². The summed E-state index contributed by atoms with van der Waals surface area (Å²) in [7, 11) is 0. The molecule has 0 aliphatic heterocycles. The number of carboxylic acids is 1. The largest absolute Gasteiger partial charge is 0.481 e. The zero-order valence-electron chi connectivity index (χ0n) is 11.5. The van der Waals surface area contributed by atoms with Gasteiger partial charge in [-0.05, 0) is 42.8 Å². The third-order valence-electron chi connectivity index (χ3n) is 3.44. The Bertz CT molecular complexity index is 873. The lowest BCUT2D eigenvalue weighted by Crippen LogP contribution is -2.06. The first-order chi connectivity index (χ1) is 10.5. The lowest BCUT2D eigenvalue weighted by Gasteiger charge is -2.04. The van der Waals surface area contributed by atoms with Crippen molar-refractivity contribution in [3.8, 4) is 11.5 Å². The van der Waals surface area contributed by atoms with E-state index in [2.05, 4.69) is 4.98 Å². The fourth-order valence-electron chi connectivity index (χ4n) is 2.13. The van der Waals surface area contributed by atoms with Crippen LogP contribution in [0.1, 0.15) is 18.4 Å². The second kappa shape index (κ2) is 5.63. The van der Waals surface area contributed by atoms with E-state index in [0.29, 0.717) is 38.2 Å². The Morgan fingerprint density at radius 1 is 1.23 bits per heavy atom. The molecule has 22 heavy (non-hydrogen) atoms. The maximum atomic E-state index is 11.1. The predicted octanol–water partition coefficient (Wildman–Crippen LogP) is 4.99. The molecule has 0 amide bonds. The first-order valence-electron chi connectivity index (χ1n) is 6.54. The van der Waals surface area contributed by atoms with Gasteiger partial charge in [0.15, 0.2) is 5.58 Å². The molecule has 2 aromatic carbocycles. The third-order valence-corrected chi connectivity index (χ3v) is 3.99. The van der Waals surface area contributed by atoms with Gasteiger partial charge in [-0.25, -0.2) is 4.98 Å². The zero-order chi connectivity index (χ0) is 15.9. The highest BCUT2D eigenvalue weighted by atomic mass is 35.5. The first kappa shape index (κ1) is 14.9. The summed E-state index contributed by atoms with van der Waals surface area (Å²) < 4.78 is 5.68. The molecular weight excluding hydrogens is 325 g/mol. The minimum absolute atomic E-state index is 0.372. The Balaban J connectivity index is 2.08. The van der Waals surface area contributed by atoms with Crippen molar-refractivity contribution in [1.29, 1.82) is 0 Å². The van der Waals surface area contributed by atoms with Gasteiger partial charge in [0.2, 0.25) is 5.89 Å². The van der Waals surface area contributed by atoms with Crippen LogP contribution in [0.4, 0.5) is 0 Å². The Labute approximate surface area is 136 Å². The molecule has 3 rings (SSSR count). The van der Waals surface area contributed by atoms with Gasteiger partial charge >= 0.3 is 5.97 Å². The number of aromatic nitrogens is 1. The second-order valence-electron chi connectivity index (χ2n) is 4.93. The van der Waals surface area contributed by atoms with E-state index in [1.165, 1.54) is 0 Å². The highest BCUT2D eigenvalue weighted by Crippen LogP contribution is 2.32. The van der Waals surface area contributed by atoms with Crippen LogP contribution in [0.2, 0.25) is 10.0 Å². The van der Waals surface area contributed by atoms with Gasteiger partial charge in [-0.3, -0.25) is 4.79 Å². The molecule has 3 aromatic rings.